The van der Waals surface area contributed by atoms with Gasteiger partial charge in [-0.3, -0.25) is 19.0 Å². The van der Waals surface area contributed by atoms with Crippen molar-refractivity contribution in [2.75, 3.05) is 15.8 Å². The van der Waals surface area contributed by atoms with Gasteiger partial charge in [-0.2, -0.15) is 5.26 Å². The predicted octanol–water partition coefficient (Wildman–Crippen LogP) is 3.41. The molecule has 0 fully saturated rings. The first kappa shape index (κ1) is 26.0. The summed E-state index contributed by atoms with van der Waals surface area (Å²) in [5.41, 5.74) is 6.83. The Morgan fingerprint density at radius 3 is 2.29 bits per heavy atom. The van der Waals surface area contributed by atoms with E-state index in [-0.39, 0.29) is 27.5 Å². The number of rotatable bonds is 7. The highest BCUT2D eigenvalue weighted by Gasteiger charge is 2.23. The maximum Gasteiger partial charge on any atom is 0.296 e. The monoisotopic (exact) mass is 528 g/mol. The normalized spacial score (nSPS) is 11.6. The molecule has 192 valence electrons. The largest absolute Gasteiger partial charge is 0.397 e. The van der Waals surface area contributed by atoms with Crippen molar-refractivity contribution in [3.8, 4) is 11.8 Å². The molecule has 0 saturated heterocycles. The van der Waals surface area contributed by atoms with Crippen LogP contribution in [-0.4, -0.2) is 23.7 Å². The van der Waals surface area contributed by atoms with Crippen LogP contribution in [0.25, 0.3) is 11.8 Å². The average Bonchev–Trinajstić information content (AvgIpc) is 3.12. The van der Waals surface area contributed by atoms with Crippen LogP contribution in [0.15, 0.2) is 94.1 Å². The van der Waals surface area contributed by atoms with Crippen LogP contribution < -0.4 is 21.3 Å². The SMILES string of the molecule is Cc1c(NS(=O)(=O)c2ccc(N)c(NC(=O)C(C#N)=Cc3ccccc3)c2)c(=O)n(-c2ccccc2)n1C. The van der Waals surface area contributed by atoms with Gasteiger partial charge < -0.3 is 11.1 Å². The van der Waals surface area contributed by atoms with Gasteiger partial charge in [-0.25, -0.2) is 13.1 Å². The summed E-state index contributed by atoms with van der Waals surface area (Å²) in [6.07, 6.45) is 1.41. The molecule has 0 aliphatic heterocycles. The molecule has 0 aliphatic carbocycles. The second-order valence-electron chi connectivity index (χ2n) is 8.33. The number of nitriles is 1. The average molecular weight is 529 g/mol. The smallest absolute Gasteiger partial charge is 0.296 e. The van der Waals surface area contributed by atoms with E-state index < -0.39 is 21.5 Å². The molecule has 0 saturated carbocycles. The number of carbonyl (C=O) groups excluding carboxylic acids is 1. The lowest BCUT2D eigenvalue weighted by Gasteiger charge is -2.12. The number of benzene rings is 3. The minimum Gasteiger partial charge on any atom is -0.397 e. The van der Waals surface area contributed by atoms with Gasteiger partial charge in [0.25, 0.3) is 21.5 Å². The summed E-state index contributed by atoms with van der Waals surface area (Å²) in [7, 11) is -2.61. The lowest BCUT2D eigenvalue weighted by atomic mass is 10.1. The number of anilines is 3. The summed E-state index contributed by atoms with van der Waals surface area (Å²) >= 11 is 0. The van der Waals surface area contributed by atoms with Gasteiger partial charge in [-0.1, -0.05) is 48.5 Å². The number of carbonyl (C=O) groups is 1. The fourth-order valence-corrected chi connectivity index (χ4v) is 4.89. The topological polar surface area (TPSA) is 152 Å². The Morgan fingerprint density at radius 2 is 1.66 bits per heavy atom. The number of amides is 1. The molecule has 0 radical (unpaired) electrons. The molecule has 1 heterocycles. The van der Waals surface area contributed by atoms with Gasteiger partial charge in [0.2, 0.25) is 0 Å². The minimum absolute atomic E-state index is 0.00133. The molecule has 10 nitrogen and oxygen atoms in total. The Labute approximate surface area is 219 Å². The highest BCUT2D eigenvalue weighted by Crippen LogP contribution is 2.26. The number of hydrogen-bond acceptors (Lipinski definition) is 6. The van der Waals surface area contributed by atoms with Gasteiger partial charge in [0.15, 0.2) is 0 Å². The molecule has 11 heteroatoms. The van der Waals surface area contributed by atoms with Gasteiger partial charge in [-0.05, 0) is 48.9 Å². The molecule has 0 spiro atoms. The molecule has 1 aromatic heterocycles. The summed E-state index contributed by atoms with van der Waals surface area (Å²) < 4.78 is 31.8. The van der Waals surface area contributed by atoms with Crippen molar-refractivity contribution < 1.29 is 13.2 Å². The molecule has 4 N–H and O–H groups in total. The zero-order chi connectivity index (χ0) is 27.4. The van der Waals surface area contributed by atoms with Crippen LogP contribution in [0.2, 0.25) is 0 Å². The molecule has 38 heavy (non-hydrogen) atoms. The number of nitrogens with zero attached hydrogens (tertiary/aromatic N) is 3. The van der Waals surface area contributed by atoms with Gasteiger partial charge in [-0.15, -0.1) is 0 Å². The Hall–Kier alpha value is -5.08. The van der Waals surface area contributed by atoms with E-state index in [1.807, 2.05) is 12.1 Å². The predicted molar refractivity (Wildman–Crippen MR) is 146 cm³/mol. The van der Waals surface area contributed by atoms with E-state index in [1.54, 1.807) is 73.3 Å². The van der Waals surface area contributed by atoms with Gasteiger partial charge in [0.1, 0.15) is 17.3 Å². The Morgan fingerprint density at radius 1 is 1.03 bits per heavy atom. The lowest BCUT2D eigenvalue weighted by molar-refractivity contribution is -0.112. The molecule has 4 aromatic rings. The maximum atomic E-state index is 13.3. The van der Waals surface area contributed by atoms with E-state index in [2.05, 4.69) is 10.0 Å². The molecule has 0 bridgehead atoms. The van der Waals surface area contributed by atoms with Gasteiger partial charge in [0.05, 0.1) is 27.7 Å². The molecule has 0 unspecified atom stereocenters. The number of para-hydroxylation sites is 1. The van der Waals surface area contributed by atoms with Crippen molar-refractivity contribution in [3.63, 3.8) is 0 Å². The quantitative estimate of drug-likeness (QED) is 0.190. The minimum atomic E-state index is -4.26. The Bertz CT molecular complexity index is 1750. The highest BCUT2D eigenvalue weighted by atomic mass is 32.2. The van der Waals surface area contributed by atoms with Crippen LogP contribution in [-0.2, 0) is 21.9 Å². The third-order valence-electron chi connectivity index (χ3n) is 5.85. The summed E-state index contributed by atoms with van der Waals surface area (Å²) in [6.45, 7) is 1.62. The van der Waals surface area contributed by atoms with Gasteiger partial charge in [0, 0.05) is 7.05 Å². The summed E-state index contributed by atoms with van der Waals surface area (Å²) in [5.74, 6) is -0.754. The second-order valence-corrected chi connectivity index (χ2v) is 10.0. The zero-order valence-corrected chi connectivity index (χ0v) is 21.4. The zero-order valence-electron chi connectivity index (χ0n) is 20.5. The number of hydrogen-bond donors (Lipinski definition) is 3. The van der Waals surface area contributed by atoms with Crippen molar-refractivity contribution >= 4 is 39.1 Å². The van der Waals surface area contributed by atoms with Crippen LogP contribution in [0.4, 0.5) is 17.1 Å². The first-order valence-corrected chi connectivity index (χ1v) is 12.9. The third-order valence-corrected chi connectivity index (χ3v) is 7.20. The van der Waals surface area contributed by atoms with Crippen molar-refractivity contribution in [1.82, 2.24) is 9.36 Å². The van der Waals surface area contributed by atoms with Crippen molar-refractivity contribution in [2.45, 2.75) is 11.8 Å². The molecule has 4 rings (SSSR count). The highest BCUT2D eigenvalue weighted by molar-refractivity contribution is 7.92. The van der Waals surface area contributed by atoms with Gasteiger partial charge >= 0.3 is 0 Å². The second kappa shape index (κ2) is 10.5. The molecule has 0 aliphatic rings. The fraction of sp³-hybridized carbons (Fsp3) is 0.0741. The standard InChI is InChI=1S/C27H24N6O4S/c1-18-25(27(35)33(32(18)2)21-11-7-4-8-12-21)31-38(36,37)22-13-14-23(29)24(16-22)30-26(34)20(17-28)15-19-9-5-3-6-10-19/h3-16,31H,29H2,1-2H3,(H,30,34). The first-order valence-electron chi connectivity index (χ1n) is 11.4. The van der Waals surface area contributed by atoms with Crippen LogP contribution in [0.1, 0.15) is 11.3 Å². The van der Waals surface area contributed by atoms with Crippen LogP contribution in [0.5, 0.6) is 0 Å². The molecular formula is C27H24N6O4S. The van der Waals surface area contributed by atoms with Crippen molar-refractivity contribution in [2.24, 2.45) is 7.05 Å². The van der Waals surface area contributed by atoms with Crippen molar-refractivity contribution in [3.05, 3.63) is 106 Å². The number of nitrogen functional groups attached to an aromatic ring is 1. The summed E-state index contributed by atoms with van der Waals surface area (Å²) in [5, 5.41) is 12.0. The molecule has 0 atom stereocenters. The molecule has 1 amide bonds. The van der Waals surface area contributed by atoms with Crippen LogP contribution >= 0.6 is 0 Å². The van der Waals surface area contributed by atoms with E-state index >= 15 is 0 Å². The number of nitrogens with two attached hydrogens (primary N) is 1. The number of nitrogens with one attached hydrogen (secondary N) is 2. The molecule has 3 aromatic carbocycles. The van der Waals surface area contributed by atoms with Crippen molar-refractivity contribution in [1.29, 1.82) is 5.26 Å². The summed E-state index contributed by atoms with van der Waals surface area (Å²) in [4.78, 5) is 25.7. The van der Waals surface area contributed by atoms with E-state index in [0.717, 1.165) is 0 Å². The van der Waals surface area contributed by atoms with E-state index in [0.29, 0.717) is 16.9 Å². The number of sulfonamides is 1. The fourth-order valence-electron chi connectivity index (χ4n) is 3.74. The third kappa shape index (κ3) is 5.21. The van der Waals surface area contributed by atoms with E-state index in [9.17, 15) is 23.3 Å². The first-order chi connectivity index (χ1) is 18.1. The summed E-state index contributed by atoms with van der Waals surface area (Å²) in [6, 6.07) is 23.2. The number of aromatic nitrogens is 2. The lowest BCUT2D eigenvalue weighted by Crippen LogP contribution is -2.23. The Kier molecular flexibility index (Phi) is 7.18. The van der Waals surface area contributed by atoms with Crippen LogP contribution in [0, 0.1) is 18.3 Å². The van der Waals surface area contributed by atoms with E-state index in [1.165, 1.54) is 29.0 Å². The molecular weight excluding hydrogens is 504 g/mol. The van der Waals surface area contributed by atoms with Crippen LogP contribution in [0.3, 0.4) is 0 Å². The Balaban J connectivity index is 1.64. The van der Waals surface area contributed by atoms with E-state index in [4.69, 9.17) is 5.73 Å². The maximum absolute atomic E-state index is 13.3.